The maximum atomic E-state index is 11.5. The molecule has 3 N–H and O–H groups in total. The topological polar surface area (TPSA) is 61.4 Å². The Morgan fingerprint density at radius 3 is 2.78 bits per heavy atom. The summed E-state index contributed by atoms with van der Waals surface area (Å²) >= 11 is 0. The first-order valence-electron chi connectivity index (χ1n) is 6.07. The molecule has 18 heavy (non-hydrogen) atoms. The quantitative estimate of drug-likeness (QED) is 0.746. The monoisotopic (exact) mass is 248 g/mol. The number of carbonyl (C=O) groups excluding carboxylic acids is 1. The molecule has 0 aliphatic heterocycles. The zero-order chi connectivity index (χ0) is 13.4. The summed E-state index contributed by atoms with van der Waals surface area (Å²) < 4.78 is 0. The summed E-state index contributed by atoms with van der Waals surface area (Å²) in [6.45, 7) is 3.87. The van der Waals surface area contributed by atoms with E-state index in [1.54, 1.807) is 6.20 Å². The van der Waals surface area contributed by atoms with Gasteiger partial charge in [0.05, 0.1) is 12.6 Å². The molecule has 0 saturated carbocycles. The van der Waals surface area contributed by atoms with E-state index in [1.807, 2.05) is 44.2 Å². The van der Waals surface area contributed by atoms with Crippen LogP contribution in [0.25, 0.3) is 6.08 Å². The predicted octanol–water partition coefficient (Wildman–Crippen LogP) is 2.04. The van der Waals surface area contributed by atoms with Crippen LogP contribution in [0.5, 0.6) is 0 Å². The highest BCUT2D eigenvalue weighted by atomic mass is 16.3. The molecule has 1 atom stereocenters. The lowest BCUT2D eigenvalue weighted by molar-refractivity contribution is 0.217. The Morgan fingerprint density at radius 2 is 2.17 bits per heavy atom. The summed E-state index contributed by atoms with van der Waals surface area (Å²) in [6, 6.07) is 7.41. The first-order chi connectivity index (χ1) is 8.67. The van der Waals surface area contributed by atoms with Gasteiger partial charge in [-0.25, -0.2) is 4.79 Å². The van der Waals surface area contributed by atoms with E-state index in [1.165, 1.54) is 0 Å². The van der Waals surface area contributed by atoms with E-state index in [2.05, 4.69) is 10.6 Å². The van der Waals surface area contributed by atoms with Crippen LogP contribution in [0.1, 0.15) is 24.5 Å². The standard InChI is InChI=1S/C14H20N2O2/c1-3-13(10-17)16-14(18)15-9-8-12-7-5-4-6-11(12)2/h4-9,13,17H,3,10H2,1-2H3,(H2,15,16,18)/b9-8+. The number of carbonyl (C=O) groups is 1. The van der Waals surface area contributed by atoms with E-state index in [9.17, 15) is 4.79 Å². The fraction of sp³-hybridized carbons (Fsp3) is 0.357. The molecule has 0 bridgehead atoms. The molecule has 98 valence electrons. The molecule has 1 aromatic carbocycles. The second-order valence-corrected chi connectivity index (χ2v) is 4.10. The highest BCUT2D eigenvalue weighted by Gasteiger charge is 2.06. The molecule has 0 saturated heterocycles. The van der Waals surface area contributed by atoms with Gasteiger partial charge in [0, 0.05) is 6.20 Å². The van der Waals surface area contributed by atoms with E-state index in [-0.39, 0.29) is 18.7 Å². The average molecular weight is 248 g/mol. The van der Waals surface area contributed by atoms with Crippen molar-refractivity contribution >= 4 is 12.1 Å². The van der Waals surface area contributed by atoms with Gasteiger partial charge in [0.25, 0.3) is 0 Å². The largest absolute Gasteiger partial charge is 0.394 e. The Labute approximate surface area is 108 Å². The molecule has 0 aromatic heterocycles. The summed E-state index contributed by atoms with van der Waals surface area (Å²) in [5.74, 6) is 0. The maximum Gasteiger partial charge on any atom is 0.319 e. The van der Waals surface area contributed by atoms with Gasteiger partial charge in [0.15, 0.2) is 0 Å². The number of amides is 2. The molecular weight excluding hydrogens is 228 g/mol. The minimum Gasteiger partial charge on any atom is -0.394 e. The smallest absolute Gasteiger partial charge is 0.319 e. The minimum atomic E-state index is -0.305. The van der Waals surface area contributed by atoms with Crippen LogP contribution in [-0.2, 0) is 0 Å². The fourth-order valence-corrected chi connectivity index (χ4v) is 1.48. The molecule has 4 heteroatoms. The first kappa shape index (κ1) is 14.3. The van der Waals surface area contributed by atoms with Crippen LogP contribution in [0.15, 0.2) is 30.5 Å². The Kier molecular flexibility index (Phi) is 5.94. The lowest BCUT2D eigenvalue weighted by atomic mass is 10.1. The third-order valence-electron chi connectivity index (χ3n) is 2.71. The Balaban J connectivity index is 2.45. The van der Waals surface area contributed by atoms with Gasteiger partial charge in [0.1, 0.15) is 0 Å². The van der Waals surface area contributed by atoms with Crippen molar-refractivity contribution in [2.45, 2.75) is 26.3 Å². The maximum absolute atomic E-state index is 11.5. The Bertz CT molecular complexity index is 412. The van der Waals surface area contributed by atoms with Gasteiger partial charge in [-0.05, 0) is 30.5 Å². The summed E-state index contributed by atoms with van der Waals surface area (Å²) in [4.78, 5) is 11.5. The van der Waals surface area contributed by atoms with Crippen LogP contribution in [0, 0.1) is 6.92 Å². The number of aliphatic hydroxyl groups excluding tert-OH is 1. The molecular formula is C14H20N2O2. The fourth-order valence-electron chi connectivity index (χ4n) is 1.48. The van der Waals surface area contributed by atoms with Crippen molar-refractivity contribution in [2.75, 3.05) is 6.61 Å². The van der Waals surface area contributed by atoms with Crippen molar-refractivity contribution in [1.82, 2.24) is 10.6 Å². The summed E-state index contributed by atoms with van der Waals surface area (Å²) in [7, 11) is 0. The predicted molar refractivity (Wildman–Crippen MR) is 73.0 cm³/mol. The van der Waals surface area contributed by atoms with Crippen molar-refractivity contribution in [2.24, 2.45) is 0 Å². The third-order valence-corrected chi connectivity index (χ3v) is 2.71. The summed E-state index contributed by atoms with van der Waals surface area (Å²) in [6.07, 6.45) is 4.14. The van der Waals surface area contributed by atoms with Crippen LogP contribution < -0.4 is 10.6 Å². The molecule has 0 fully saturated rings. The number of rotatable bonds is 5. The van der Waals surface area contributed by atoms with E-state index in [0.717, 1.165) is 11.1 Å². The van der Waals surface area contributed by atoms with Gasteiger partial charge < -0.3 is 15.7 Å². The van der Waals surface area contributed by atoms with E-state index < -0.39 is 0 Å². The highest BCUT2D eigenvalue weighted by Crippen LogP contribution is 2.07. The summed E-state index contributed by atoms with van der Waals surface area (Å²) in [5, 5.41) is 14.2. The lowest BCUT2D eigenvalue weighted by Crippen LogP contribution is -2.41. The molecule has 4 nitrogen and oxygen atoms in total. The number of aryl methyl sites for hydroxylation is 1. The van der Waals surface area contributed by atoms with Crippen LogP contribution in [0.3, 0.4) is 0 Å². The van der Waals surface area contributed by atoms with Gasteiger partial charge in [-0.3, -0.25) is 0 Å². The average Bonchev–Trinajstić information content (AvgIpc) is 2.38. The molecule has 0 radical (unpaired) electrons. The van der Waals surface area contributed by atoms with E-state index in [0.29, 0.717) is 6.42 Å². The minimum absolute atomic E-state index is 0.0502. The number of hydrogen-bond donors (Lipinski definition) is 3. The molecule has 0 spiro atoms. The van der Waals surface area contributed by atoms with Crippen LogP contribution >= 0.6 is 0 Å². The second-order valence-electron chi connectivity index (χ2n) is 4.10. The van der Waals surface area contributed by atoms with Gasteiger partial charge in [0.2, 0.25) is 0 Å². The molecule has 0 aliphatic rings. The van der Waals surface area contributed by atoms with E-state index >= 15 is 0 Å². The lowest BCUT2D eigenvalue weighted by Gasteiger charge is -2.13. The Hall–Kier alpha value is -1.81. The number of hydrogen-bond acceptors (Lipinski definition) is 2. The van der Waals surface area contributed by atoms with E-state index in [4.69, 9.17) is 5.11 Å². The SMILES string of the molecule is CCC(CO)NC(=O)N/C=C/c1ccccc1C. The zero-order valence-electron chi connectivity index (χ0n) is 10.8. The molecule has 0 aliphatic carbocycles. The molecule has 0 heterocycles. The van der Waals surface area contributed by atoms with Crippen LogP contribution in [-0.4, -0.2) is 23.8 Å². The molecule has 1 rings (SSSR count). The number of urea groups is 1. The van der Waals surface area contributed by atoms with Crippen LogP contribution in [0.2, 0.25) is 0 Å². The van der Waals surface area contributed by atoms with Gasteiger partial charge in [-0.1, -0.05) is 31.2 Å². The zero-order valence-corrected chi connectivity index (χ0v) is 10.8. The highest BCUT2D eigenvalue weighted by molar-refractivity contribution is 5.76. The molecule has 1 aromatic rings. The van der Waals surface area contributed by atoms with Crippen molar-refractivity contribution in [3.8, 4) is 0 Å². The third kappa shape index (κ3) is 4.59. The number of benzene rings is 1. The van der Waals surface area contributed by atoms with Gasteiger partial charge in [-0.2, -0.15) is 0 Å². The van der Waals surface area contributed by atoms with Gasteiger partial charge >= 0.3 is 6.03 Å². The molecule has 2 amide bonds. The van der Waals surface area contributed by atoms with Crippen molar-refractivity contribution in [1.29, 1.82) is 0 Å². The van der Waals surface area contributed by atoms with Crippen LogP contribution in [0.4, 0.5) is 4.79 Å². The molecule has 1 unspecified atom stereocenters. The second kappa shape index (κ2) is 7.50. The number of aliphatic hydroxyl groups is 1. The van der Waals surface area contributed by atoms with Gasteiger partial charge in [-0.15, -0.1) is 0 Å². The number of nitrogens with one attached hydrogen (secondary N) is 2. The van der Waals surface area contributed by atoms with Crippen molar-refractivity contribution in [3.05, 3.63) is 41.6 Å². The normalized spacial score (nSPS) is 12.4. The van der Waals surface area contributed by atoms with Crippen molar-refractivity contribution < 1.29 is 9.90 Å². The Morgan fingerprint density at radius 1 is 1.44 bits per heavy atom. The first-order valence-corrected chi connectivity index (χ1v) is 6.07. The van der Waals surface area contributed by atoms with Crippen molar-refractivity contribution in [3.63, 3.8) is 0 Å². The summed E-state index contributed by atoms with van der Waals surface area (Å²) in [5.41, 5.74) is 2.21.